The summed E-state index contributed by atoms with van der Waals surface area (Å²) in [6.45, 7) is 5.01. The van der Waals surface area contributed by atoms with Crippen LogP contribution >= 0.6 is 11.8 Å². The summed E-state index contributed by atoms with van der Waals surface area (Å²) in [5.41, 5.74) is 0. The van der Waals surface area contributed by atoms with Crippen molar-refractivity contribution >= 4 is 11.8 Å². The highest BCUT2D eigenvalue weighted by molar-refractivity contribution is 7.99. The Balaban J connectivity index is 2.11. The van der Waals surface area contributed by atoms with Crippen molar-refractivity contribution in [2.75, 3.05) is 32.1 Å². The minimum Gasteiger partial charge on any atom is -0.380 e. The van der Waals surface area contributed by atoms with Crippen LogP contribution in [0.4, 0.5) is 8.78 Å². The minimum absolute atomic E-state index is 0.701. The van der Waals surface area contributed by atoms with E-state index >= 15 is 0 Å². The van der Waals surface area contributed by atoms with Gasteiger partial charge in [0.25, 0.3) is 0 Å². The second kappa shape index (κ2) is 8.44. The number of nitrogens with one attached hydrogen (secondary N) is 1. The van der Waals surface area contributed by atoms with Crippen molar-refractivity contribution in [1.82, 2.24) is 5.32 Å². The van der Waals surface area contributed by atoms with Gasteiger partial charge in [0, 0.05) is 30.3 Å². The zero-order valence-corrected chi connectivity index (χ0v) is 10.7. The van der Waals surface area contributed by atoms with Crippen LogP contribution < -0.4 is 5.32 Å². The Kier molecular flexibility index (Phi) is 7.16. The van der Waals surface area contributed by atoms with Crippen molar-refractivity contribution < 1.29 is 13.5 Å². The topological polar surface area (TPSA) is 21.3 Å². The molecule has 2 nitrogen and oxygen atoms in total. The largest absolute Gasteiger partial charge is 0.380 e. The van der Waals surface area contributed by atoms with Gasteiger partial charge in [0.1, 0.15) is 0 Å². The Morgan fingerprint density at radius 3 is 2.76 bits per heavy atom. The van der Waals surface area contributed by atoms with Crippen LogP contribution in [0.5, 0.6) is 0 Å². The van der Waals surface area contributed by atoms with Crippen LogP contribution in [0.2, 0.25) is 0 Å². The third-order valence-corrected chi connectivity index (χ3v) is 3.06. The van der Waals surface area contributed by atoms with Crippen LogP contribution in [-0.2, 0) is 4.74 Å². The lowest BCUT2D eigenvalue weighted by molar-refractivity contribution is 0.150. The molecule has 0 unspecified atom stereocenters. The number of hydrogen-bond acceptors (Lipinski definition) is 3. The molecular weight excluding hydrogens is 244 g/mol. The Hall–Kier alpha value is -0.650. The summed E-state index contributed by atoms with van der Waals surface area (Å²) < 4.78 is 30.7. The van der Waals surface area contributed by atoms with E-state index in [1.54, 1.807) is 6.07 Å². The molecule has 0 atom stereocenters. The van der Waals surface area contributed by atoms with Gasteiger partial charge in [-0.2, -0.15) is 0 Å². The van der Waals surface area contributed by atoms with Crippen LogP contribution in [-0.4, -0.2) is 32.1 Å². The summed E-state index contributed by atoms with van der Waals surface area (Å²) in [6, 6.07) is 3.96. The second-order valence-electron chi connectivity index (χ2n) is 3.37. The molecule has 0 aromatic heterocycles. The van der Waals surface area contributed by atoms with E-state index in [4.69, 9.17) is 4.74 Å². The summed E-state index contributed by atoms with van der Waals surface area (Å²) in [6.07, 6.45) is 0. The van der Waals surface area contributed by atoms with Gasteiger partial charge in [0.2, 0.25) is 0 Å². The molecule has 0 saturated heterocycles. The van der Waals surface area contributed by atoms with Crippen molar-refractivity contribution in [3.63, 3.8) is 0 Å². The van der Waals surface area contributed by atoms with E-state index in [0.717, 1.165) is 36.4 Å². The molecule has 0 aliphatic heterocycles. The van der Waals surface area contributed by atoms with Gasteiger partial charge >= 0.3 is 0 Å². The number of hydrogen-bond donors (Lipinski definition) is 1. The van der Waals surface area contributed by atoms with Crippen molar-refractivity contribution in [2.45, 2.75) is 11.8 Å². The maximum atomic E-state index is 12.9. The van der Waals surface area contributed by atoms with Crippen LogP contribution in [0.3, 0.4) is 0 Å². The predicted octanol–water partition coefficient (Wildman–Crippen LogP) is 2.68. The maximum absolute atomic E-state index is 12.9. The molecule has 17 heavy (non-hydrogen) atoms. The molecule has 0 radical (unpaired) electrons. The van der Waals surface area contributed by atoms with Gasteiger partial charge in [-0.05, 0) is 25.1 Å². The lowest BCUT2D eigenvalue weighted by atomic mass is 10.3. The van der Waals surface area contributed by atoms with E-state index in [1.165, 1.54) is 17.8 Å². The molecule has 96 valence electrons. The van der Waals surface area contributed by atoms with Crippen molar-refractivity contribution in [2.24, 2.45) is 0 Å². The number of ether oxygens (including phenoxy) is 1. The van der Waals surface area contributed by atoms with E-state index in [0.29, 0.717) is 6.61 Å². The molecule has 0 aliphatic rings. The van der Waals surface area contributed by atoms with Gasteiger partial charge < -0.3 is 10.1 Å². The molecule has 1 aromatic carbocycles. The standard InChI is InChI=1S/C12H17F2NOS/c1-2-16-7-5-15-6-8-17-10-3-4-11(13)12(14)9-10/h3-4,9,15H,2,5-8H2,1H3. The molecule has 5 heteroatoms. The molecule has 0 aliphatic carbocycles. The van der Waals surface area contributed by atoms with E-state index in [-0.39, 0.29) is 0 Å². The lowest BCUT2D eigenvalue weighted by Crippen LogP contribution is -2.22. The summed E-state index contributed by atoms with van der Waals surface area (Å²) in [7, 11) is 0. The molecule has 1 rings (SSSR count). The predicted molar refractivity (Wildman–Crippen MR) is 66.4 cm³/mol. The van der Waals surface area contributed by atoms with Crippen molar-refractivity contribution in [3.05, 3.63) is 29.8 Å². The molecule has 0 fully saturated rings. The first-order chi connectivity index (χ1) is 8.24. The smallest absolute Gasteiger partial charge is 0.159 e. The lowest BCUT2D eigenvalue weighted by Gasteiger charge is -2.05. The van der Waals surface area contributed by atoms with E-state index < -0.39 is 11.6 Å². The second-order valence-corrected chi connectivity index (χ2v) is 4.54. The van der Waals surface area contributed by atoms with Gasteiger partial charge in [-0.1, -0.05) is 0 Å². The fourth-order valence-electron chi connectivity index (χ4n) is 1.22. The Morgan fingerprint density at radius 2 is 2.06 bits per heavy atom. The summed E-state index contributed by atoms with van der Waals surface area (Å²) in [4.78, 5) is 0.746. The molecule has 1 N–H and O–H groups in total. The third kappa shape index (κ3) is 6.00. The first-order valence-electron chi connectivity index (χ1n) is 5.60. The molecule has 0 amide bonds. The minimum atomic E-state index is -0.802. The Morgan fingerprint density at radius 1 is 1.24 bits per heavy atom. The number of benzene rings is 1. The van der Waals surface area contributed by atoms with Gasteiger partial charge in [-0.15, -0.1) is 11.8 Å². The molecule has 0 spiro atoms. The fourth-order valence-corrected chi connectivity index (χ4v) is 2.05. The van der Waals surface area contributed by atoms with E-state index in [1.807, 2.05) is 6.92 Å². The average Bonchev–Trinajstić information content (AvgIpc) is 2.32. The van der Waals surface area contributed by atoms with Gasteiger partial charge in [-0.25, -0.2) is 8.78 Å². The third-order valence-electron chi connectivity index (χ3n) is 2.07. The SMILES string of the molecule is CCOCCNCCSc1ccc(F)c(F)c1. The quantitative estimate of drug-likeness (QED) is 0.574. The number of thioether (sulfide) groups is 1. The maximum Gasteiger partial charge on any atom is 0.159 e. The molecule has 0 heterocycles. The average molecular weight is 261 g/mol. The van der Waals surface area contributed by atoms with E-state index in [9.17, 15) is 8.78 Å². The molecular formula is C12H17F2NOS. The molecule has 1 aromatic rings. The monoisotopic (exact) mass is 261 g/mol. The van der Waals surface area contributed by atoms with Crippen LogP contribution in [0.1, 0.15) is 6.92 Å². The van der Waals surface area contributed by atoms with Crippen LogP contribution in [0.25, 0.3) is 0 Å². The van der Waals surface area contributed by atoms with Gasteiger partial charge in [0.15, 0.2) is 11.6 Å². The van der Waals surface area contributed by atoms with Gasteiger partial charge in [0.05, 0.1) is 6.61 Å². The summed E-state index contributed by atoms with van der Waals surface area (Å²) in [5, 5.41) is 3.20. The first-order valence-corrected chi connectivity index (χ1v) is 6.59. The van der Waals surface area contributed by atoms with Crippen molar-refractivity contribution in [3.8, 4) is 0 Å². The first kappa shape index (κ1) is 14.4. The van der Waals surface area contributed by atoms with Crippen molar-refractivity contribution in [1.29, 1.82) is 0 Å². The zero-order valence-electron chi connectivity index (χ0n) is 9.84. The van der Waals surface area contributed by atoms with Crippen LogP contribution in [0, 0.1) is 11.6 Å². The molecule has 0 bridgehead atoms. The Labute approximate surface area is 105 Å². The number of rotatable bonds is 8. The van der Waals surface area contributed by atoms with E-state index in [2.05, 4.69) is 5.32 Å². The summed E-state index contributed by atoms with van der Waals surface area (Å²) >= 11 is 1.50. The normalized spacial score (nSPS) is 10.8. The highest BCUT2D eigenvalue weighted by Gasteiger charge is 2.02. The highest BCUT2D eigenvalue weighted by atomic mass is 32.2. The summed E-state index contributed by atoms with van der Waals surface area (Å²) in [5.74, 6) is -0.777. The molecule has 0 saturated carbocycles. The zero-order chi connectivity index (χ0) is 12.5. The van der Waals surface area contributed by atoms with Gasteiger partial charge in [-0.3, -0.25) is 0 Å². The highest BCUT2D eigenvalue weighted by Crippen LogP contribution is 2.19. The fraction of sp³-hybridized carbons (Fsp3) is 0.500. The van der Waals surface area contributed by atoms with Crippen LogP contribution in [0.15, 0.2) is 23.1 Å². The number of halogens is 2. The Bertz CT molecular complexity index is 336.